The summed E-state index contributed by atoms with van der Waals surface area (Å²) in [5, 5.41) is 3.78. The molecular formula is C46H22O8. The van der Waals surface area contributed by atoms with E-state index in [1.165, 1.54) is 0 Å². The van der Waals surface area contributed by atoms with Crippen LogP contribution < -0.4 is 0 Å². The molecule has 54 heavy (non-hydrogen) atoms. The summed E-state index contributed by atoms with van der Waals surface area (Å²) in [6, 6.07) is 41.9. The minimum absolute atomic E-state index is 0.178. The van der Waals surface area contributed by atoms with Crippen molar-refractivity contribution in [2.24, 2.45) is 0 Å². The number of para-hydroxylation sites is 4. The normalized spacial score (nSPS) is 13.6. The van der Waals surface area contributed by atoms with Gasteiger partial charge in [0.05, 0.1) is 22.3 Å². The smallest absolute Gasteiger partial charge is 0.346 e. The highest BCUT2D eigenvalue weighted by atomic mass is 16.6. The van der Waals surface area contributed by atoms with Crippen molar-refractivity contribution in [1.29, 1.82) is 0 Å². The van der Waals surface area contributed by atoms with Crippen molar-refractivity contribution in [2.45, 2.75) is 0 Å². The first-order valence-electron chi connectivity index (χ1n) is 17.2. The Kier molecular flexibility index (Phi) is 6.11. The fourth-order valence-corrected chi connectivity index (χ4v) is 7.95. The van der Waals surface area contributed by atoms with E-state index in [1.807, 2.05) is 97.1 Å². The molecular weight excluding hydrogens is 680 g/mol. The Bertz CT molecular complexity index is 2980. The lowest BCUT2D eigenvalue weighted by molar-refractivity contribution is 0.0425. The van der Waals surface area contributed by atoms with Crippen molar-refractivity contribution < 1.29 is 37.5 Å². The van der Waals surface area contributed by atoms with Crippen molar-refractivity contribution in [2.75, 3.05) is 0 Å². The van der Waals surface area contributed by atoms with Gasteiger partial charge in [-0.2, -0.15) is 0 Å². The van der Waals surface area contributed by atoms with Crippen molar-refractivity contribution in [1.82, 2.24) is 0 Å². The lowest BCUT2D eigenvalue weighted by Gasteiger charge is -2.19. The summed E-state index contributed by atoms with van der Waals surface area (Å²) in [7, 11) is 0. The van der Waals surface area contributed by atoms with Gasteiger partial charge in [0, 0.05) is 32.7 Å². The van der Waals surface area contributed by atoms with Crippen LogP contribution >= 0.6 is 0 Å². The molecule has 8 heteroatoms. The monoisotopic (exact) mass is 702 g/mol. The van der Waals surface area contributed by atoms with E-state index in [1.54, 1.807) is 36.4 Å². The van der Waals surface area contributed by atoms with Crippen LogP contribution in [0.15, 0.2) is 142 Å². The number of rotatable bonds is 4. The number of hydrogen-bond acceptors (Lipinski definition) is 8. The van der Waals surface area contributed by atoms with E-state index in [9.17, 15) is 19.2 Å². The predicted octanol–water partition coefficient (Wildman–Crippen LogP) is 10.8. The van der Waals surface area contributed by atoms with E-state index in [0.29, 0.717) is 22.3 Å². The molecule has 2 aromatic heterocycles. The van der Waals surface area contributed by atoms with Crippen LogP contribution in [0.3, 0.4) is 0 Å². The zero-order chi connectivity index (χ0) is 36.2. The van der Waals surface area contributed by atoms with Crippen LogP contribution in [-0.2, 0) is 9.47 Å². The number of carbonyl (C=O) groups is 4. The van der Waals surface area contributed by atoms with Gasteiger partial charge in [-0.05, 0) is 81.9 Å². The number of furan rings is 2. The average molecular weight is 703 g/mol. The maximum atomic E-state index is 12.9. The molecule has 0 atom stereocenters. The first-order valence-corrected chi connectivity index (χ1v) is 17.2. The van der Waals surface area contributed by atoms with Crippen LogP contribution in [0.1, 0.15) is 41.4 Å². The third kappa shape index (κ3) is 4.25. The molecule has 11 rings (SSSR count). The molecule has 0 bridgehead atoms. The zero-order valence-electron chi connectivity index (χ0n) is 28.0. The van der Waals surface area contributed by atoms with E-state index in [4.69, 9.17) is 18.3 Å². The standard InChI is InChI=1S/C46H22O8/c47-43-31-17-15-23(19-37(31)45(49)53-43)33-22-36(30-12-6-10-28-26-8-2-4-14-40(26)52-42(28)30)34(24-16-18-32-38(20-24)46(50)54-44(32)48)21-35(33)29-11-5-9-27-25-7-1-3-13-39(25)51-41(27)29/h1-22H. The molecule has 0 saturated heterocycles. The molecule has 4 heterocycles. The summed E-state index contributed by atoms with van der Waals surface area (Å²) >= 11 is 0. The molecule has 2 aliphatic rings. The van der Waals surface area contributed by atoms with Gasteiger partial charge in [0.2, 0.25) is 0 Å². The molecule has 7 aromatic carbocycles. The van der Waals surface area contributed by atoms with Crippen LogP contribution in [0.4, 0.5) is 0 Å². The van der Waals surface area contributed by atoms with Gasteiger partial charge in [-0.1, -0.05) is 84.9 Å². The summed E-state index contributed by atoms with van der Waals surface area (Å²) in [5.74, 6) is -2.78. The van der Waals surface area contributed by atoms with Gasteiger partial charge in [-0.15, -0.1) is 0 Å². The topological polar surface area (TPSA) is 113 Å². The highest BCUT2D eigenvalue weighted by Gasteiger charge is 2.32. The molecule has 2 aliphatic heterocycles. The molecule has 9 aromatic rings. The molecule has 254 valence electrons. The Hall–Kier alpha value is -7.58. The number of hydrogen-bond donors (Lipinski definition) is 0. The Labute approximate surface area is 304 Å². The maximum Gasteiger partial charge on any atom is 0.346 e. The molecule has 0 fully saturated rings. The van der Waals surface area contributed by atoms with Crippen molar-refractivity contribution in [3.63, 3.8) is 0 Å². The van der Waals surface area contributed by atoms with Gasteiger partial charge in [-0.25, -0.2) is 19.2 Å². The molecule has 0 N–H and O–H groups in total. The fourth-order valence-electron chi connectivity index (χ4n) is 7.95. The van der Waals surface area contributed by atoms with E-state index < -0.39 is 23.9 Å². The van der Waals surface area contributed by atoms with E-state index in [0.717, 1.165) is 66.1 Å². The maximum absolute atomic E-state index is 12.9. The lowest BCUT2D eigenvalue weighted by atomic mass is 9.84. The summed E-state index contributed by atoms with van der Waals surface area (Å²) in [5.41, 5.74) is 9.43. The van der Waals surface area contributed by atoms with E-state index in [-0.39, 0.29) is 22.3 Å². The molecule has 0 spiro atoms. The second-order valence-electron chi connectivity index (χ2n) is 13.4. The fraction of sp³-hybridized carbons (Fsp3) is 0. The summed E-state index contributed by atoms with van der Waals surface area (Å²) in [6.07, 6.45) is 0. The SMILES string of the molecule is O=C1OC(=O)c2cc(-c3cc(-c4cccc5c4oc4ccccc45)c(-c4ccc5c(c4)C(=O)OC5=O)cc3-c3cccc4c3oc3ccccc34)ccc21. The zero-order valence-corrected chi connectivity index (χ0v) is 28.0. The van der Waals surface area contributed by atoms with Gasteiger partial charge >= 0.3 is 23.9 Å². The van der Waals surface area contributed by atoms with Crippen LogP contribution in [0.2, 0.25) is 0 Å². The van der Waals surface area contributed by atoms with Crippen LogP contribution in [-0.4, -0.2) is 23.9 Å². The second kappa shape index (κ2) is 11.0. The van der Waals surface area contributed by atoms with Crippen molar-refractivity contribution >= 4 is 67.8 Å². The number of esters is 4. The largest absolute Gasteiger partial charge is 0.455 e. The summed E-state index contributed by atoms with van der Waals surface area (Å²) in [4.78, 5) is 50.7. The van der Waals surface area contributed by atoms with Crippen molar-refractivity contribution in [3.8, 4) is 44.5 Å². The molecule has 8 nitrogen and oxygen atoms in total. The Morgan fingerprint density at radius 2 is 0.704 bits per heavy atom. The van der Waals surface area contributed by atoms with Crippen LogP contribution in [0, 0.1) is 0 Å². The number of cyclic esters (lactones) is 4. The lowest BCUT2D eigenvalue weighted by Crippen LogP contribution is -1.97. The van der Waals surface area contributed by atoms with E-state index >= 15 is 0 Å². The van der Waals surface area contributed by atoms with Crippen molar-refractivity contribution in [3.05, 3.63) is 156 Å². The van der Waals surface area contributed by atoms with Gasteiger partial charge in [0.15, 0.2) is 0 Å². The third-order valence-electron chi connectivity index (χ3n) is 10.5. The van der Waals surface area contributed by atoms with Gasteiger partial charge in [0.1, 0.15) is 22.3 Å². The molecule has 0 unspecified atom stereocenters. The molecule has 0 radical (unpaired) electrons. The first kappa shape index (κ1) is 30.1. The minimum atomic E-state index is -0.707. The molecule has 0 amide bonds. The highest BCUT2D eigenvalue weighted by Crippen LogP contribution is 2.48. The average Bonchev–Trinajstić information content (AvgIpc) is 3.93. The van der Waals surface area contributed by atoms with E-state index in [2.05, 4.69) is 0 Å². The molecule has 0 saturated carbocycles. The highest BCUT2D eigenvalue weighted by molar-refractivity contribution is 6.18. The number of fused-ring (bicyclic) bond motifs is 8. The Morgan fingerprint density at radius 3 is 1.17 bits per heavy atom. The number of ether oxygens (including phenoxy) is 2. The minimum Gasteiger partial charge on any atom is -0.455 e. The summed E-state index contributed by atoms with van der Waals surface area (Å²) in [6.45, 7) is 0. The second-order valence-corrected chi connectivity index (χ2v) is 13.4. The third-order valence-corrected chi connectivity index (χ3v) is 10.5. The quantitative estimate of drug-likeness (QED) is 0.132. The Balaban J connectivity index is 1.27. The number of carbonyl (C=O) groups excluding carboxylic acids is 4. The molecule has 0 aliphatic carbocycles. The Morgan fingerprint density at radius 1 is 0.296 bits per heavy atom. The van der Waals surface area contributed by atoms with Crippen LogP contribution in [0.5, 0.6) is 0 Å². The van der Waals surface area contributed by atoms with Gasteiger partial charge in [-0.3, -0.25) is 0 Å². The summed E-state index contributed by atoms with van der Waals surface area (Å²) < 4.78 is 23.0. The van der Waals surface area contributed by atoms with Crippen LogP contribution in [0.25, 0.3) is 88.4 Å². The first-order chi connectivity index (χ1) is 26.4. The number of benzene rings is 7. The van der Waals surface area contributed by atoms with Gasteiger partial charge in [0.25, 0.3) is 0 Å². The van der Waals surface area contributed by atoms with Gasteiger partial charge < -0.3 is 18.3 Å². The predicted molar refractivity (Wildman–Crippen MR) is 202 cm³/mol.